The maximum absolute atomic E-state index is 12.2. The molecule has 0 aromatic heterocycles. The highest BCUT2D eigenvalue weighted by Gasteiger charge is 2.75. The summed E-state index contributed by atoms with van der Waals surface area (Å²) in [5.41, 5.74) is -0.139. The fourth-order valence-electron chi connectivity index (χ4n) is 3.47. The van der Waals surface area contributed by atoms with E-state index >= 15 is 0 Å². The van der Waals surface area contributed by atoms with Crippen molar-refractivity contribution in [1.82, 2.24) is 0 Å². The van der Waals surface area contributed by atoms with Crippen LogP contribution in [-0.2, 0) is 23.7 Å². The van der Waals surface area contributed by atoms with Crippen LogP contribution < -0.4 is 0 Å². The number of carbonyl (C=O) groups excluding carboxylic acids is 1. The molecule has 1 aromatic carbocycles. The first kappa shape index (κ1) is 15.1. The molecule has 2 heterocycles. The average Bonchev–Trinajstić information content (AvgIpc) is 3.00. The van der Waals surface area contributed by atoms with Crippen LogP contribution in [0, 0.1) is 0 Å². The van der Waals surface area contributed by atoms with E-state index in [1.54, 1.807) is 31.4 Å². The van der Waals surface area contributed by atoms with Gasteiger partial charge >= 0.3 is 5.97 Å². The summed E-state index contributed by atoms with van der Waals surface area (Å²) in [6.45, 7) is 3.72. The predicted molar refractivity (Wildman–Crippen MR) is 78.7 cm³/mol. The van der Waals surface area contributed by atoms with Crippen molar-refractivity contribution in [3.05, 3.63) is 35.9 Å². The molecule has 6 nitrogen and oxygen atoms in total. The average molecular weight is 320 g/mol. The van der Waals surface area contributed by atoms with Gasteiger partial charge in [-0.25, -0.2) is 4.79 Å². The fraction of sp³-hybridized carbons (Fsp3) is 0.588. The molecule has 5 atom stereocenters. The van der Waals surface area contributed by atoms with E-state index in [9.17, 15) is 4.79 Å². The van der Waals surface area contributed by atoms with Crippen LogP contribution in [-0.4, -0.2) is 49.1 Å². The zero-order chi connectivity index (χ0) is 16.2. The Morgan fingerprint density at radius 1 is 1.17 bits per heavy atom. The van der Waals surface area contributed by atoms with E-state index in [2.05, 4.69) is 0 Å². The van der Waals surface area contributed by atoms with Crippen molar-refractivity contribution >= 4 is 5.97 Å². The molecule has 2 unspecified atom stereocenters. The summed E-state index contributed by atoms with van der Waals surface area (Å²) in [7, 11) is 1.57. The second-order valence-electron chi connectivity index (χ2n) is 6.66. The van der Waals surface area contributed by atoms with E-state index in [0.29, 0.717) is 12.0 Å². The molecule has 0 amide bonds. The molecule has 4 rings (SSSR count). The third-order valence-corrected chi connectivity index (χ3v) is 4.59. The van der Waals surface area contributed by atoms with Crippen molar-refractivity contribution in [2.75, 3.05) is 7.11 Å². The van der Waals surface area contributed by atoms with Crippen LogP contribution in [0.1, 0.15) is 30.6 Å². The molecule has 2 saturated heterocycles. The molecular formula is C17H20O6. The van der Waals surface area contributed by atoms with Crippen molar-refractivity contribution in [3.8, 4) is 0 Å². The van der Waals surface area contributed by atoms with Crippen molar-refractivity contribution in [1.29, 1.82) is 0 Å². The number of esters is 1. The molecule has 2 aliphatic heterocycles. The first-order chi connectivity index (χ1) is 11.0. The third-order valence-electron chi connectivity index (χ3n) is 4.59. The first-order valence-corrected chi connectivity index (χ1v) is 7.77. The van der Waals surface area contributed by atoms with Gasteiger partial charge in [-0.05, 0) is 26.0 Å². The Balaban J connectivity index is 1.49. The highest BCUT2D eigenvalue weighted by Crippen LogP contribution is 2.57. The lowest BCUT2D eigenvalue weighted by Gasteiger charge is -2.23. The van der Waals surface area contributed by atoms with Gasteiger partial charge in [0, 0.05) is 13.5 Å². The second-order valence-corrected chi connectivity index (χ2v) is 6.66. The fourth-order valence-corrected chi connectivity index (χ4v) is 3.47. The standard InChI is InChI=1S/C17H20O6/c1-16(2)21-12-13(22-16)17(23-15(12)19-3)9-11(17)20-14(18)10-7-5-4-6-8-10/h4-8,11-13,15H,9H2,1-3H3/t11?,12-,13?,15+,17+/m0/s1. The predicted octanol–water partition coefficient (Wildman–Crippen LogP) is 1.88. The van der Waals surface area contributed by atoms with Crippen LogP contribution in [0.5, 0.6) is 0 Å². The minimum Gasteiger partial charge on any atom is -0.455 e. The maximum Gasteiger partial charge on any atom is 0.338 e. The second kappa shape index (κ2) is 5.01. The Morgan fingerprint density at radius 2 is 1.91 bits per heavy atom. The summed E-state index contributed by atoms with van der Waals surface area (Å²) in [6.07, 6.45) is -0.875. The molecule has 1 spiro atoms. The number of benzene rings is 1. The molecule has 23 heavy (non-hydrogen) atoms. The quantitative estimate of drug-likeness (QED) is 0.793. The molecule has 0 N–H and O–H groups in total. The lowest BCUT2D eigenvalue weighted by molar-refractivity contribution is -0.236. The normalized spacial score (nSPS) is 40.1. The molecule has 3 fully saturated rings. The number of rotatable bonds is 3. The van der Waals surface area contributed by atoms with Crippen molar-refractivity contribution in [2.45, 2.75) is 56.3 Å². The molecule has 6 heteroatoms. The van der Waals surface area contributed by atoms with Crippen LogP contribution in [0.3, 0.4) is 0 Å². The maximum atomic E-state index is 12.2. The van der Waals surface area contributed by atoms with E-state index in [1.165, 1.54) is 0 Å². The van der Waals surface area contributed by atoms with E-state index in [0.717, 1.165) is 0 Å². The number of hydrogen-bond acceptors (Lipinski definition) is 6. The summed E-state index contributed by atoms with van der Waals surface area (Å²) in [6, 6.07) is 8.92. The summed E-state index contributed by atoms with van der Waals surface area (Å²) in [5.74, 6) is -1.05. The smallest absolute Gasteiger partial charge is 0.338 e. The number of hydrogen-bond donors (Lipinski definition) is 0. The highest BCUT2D eigenvalue weighted by atomic mass is 16.8. The van der Waals surface area contributed by atoms with Gasteiger partial charge in [-0.15, -0.1) is 0 Å². The molecular weight excluding hydrogens is 300 g/mol. The van der Waals surface area contributed by atoms with Gasteiger partial charge in [-0.1, -0.05) is 18.2 Å². The lowest BCUT2D eigenvalue weighted by Crippen LogP contribution is -2.35. The van der Waals surface area contributed by atoms with Crippen molar-refractivity contribution in [2.24, 2.45) is 0 Å². The lowest BCUT2D eigenvalue weighted by atomic mass is 10.1. The Labute approximate surface area is 134 Å². The summed E-state index contributed by atoms with van der Waals surface area (Å²) in [5, 5.41) is 0. The monoisotopic (exact) mass is 320 g/mol. The largest absolute Gasteiger partial charge is 0.455 e. The van der Waals surface area contributed by atoms with Gasteiger partial charge in [0.25, 0.3) is 0 Å². The Kier molecular flexibility index (Phi) is 3.29. The minimum absolute atomic E-state index is 0.295. The molecule has 1 aliphatic carbocycles. The van der Waals surface area contributed by atoms with Gasteiger partial charge in [0.2, 0.25) is 0 Å². The summed E-state index contributed by atoms with van der Waals surface area (Å²) < 4.78 is 28.8. The molecule has 0 bridgehead atoms. The molecule has 1 aromatic rings. The van der Waals surface area contributed by atoms with Crippen molar-refractivity contribution in [3.63, 3.8) is 0 Å². The van der Waals surface area contributed by atoms with Crippen LogP contribution in [0.4, 0.5) is 0 Å². The third kappa shape index (κ3) is 2.37. The topological polar surface area (TPSA) is 63.2 Å². The molecule has 0 radical (unpaired) electrons. The van der Waals surface area contributed by atoms with E-state index in [-0.39, 0.29) is 24.3 Å². The minimum atomic E-state index is -0.695. The van der Waals surface area contributed by atoms with Gasteiger partial charge < -0.3 is 23.7 Å². The first-order valence-electron chi connectivity index (χ1n) is 7.77. The Morgan fingerprint density at radius 3 is 2.61 bits per heavy atom. The van der Waals surface area contributed by atoms with Crippen LogP contribution in [0.25, 0.3) is 0 Å². The Hall–Kier alpha value is -1.47. The van der Waals surface area contributed by atoms with Crippen molar-refractivity contribution < 1.29 is 28.5 Å². The molecule has 124 valence electrons. The summed E-state index contributed by atoms with van der Waals surface area (Å²) >= 11 is 0. The van der Waals surface area contributed by atoms with Crippen LogP contribution >= 0.6 is 0 Å². The Bertz CT molecular complexity index is 615. The number of ether oxygens (including phenoxy) is 5. The zero-order valence-corrected chi connectivity index (χ0v) is 13.4. The molecule has 3 aliphatic rings. The van der Waals surface area contributed by atoms with Gasteiger partial charge in [0.05, 0.1) is 5.56 Å². The number of fused-ring (bicyclic) bond motifs is 2. The number of methoxy groups -OCH3 is 1. The summed E-state index contributed by atoms with van der Waals surface area (Å²) in [4.78, 5) is 12.2. The van der Waals surface area contributed by atoms with Gasteiger partial charge in [0.15, 0.2) is 12.1 Å². The van der Waals surface area contributed by atoms with E-state index in [4.69, 9.17) is 23.7 Å². The SMILES string of the molecule is CO[C@@H]1O[C@@]2(CC2OC(=O)c2ccccc2)C2OC(C)(C)O[C@@H]21. The van der Waals surface area contributed by atoms with Gasteiger partial charge in [-0.2, -0.15) is 0 Å². The van der Waals surface area contributed by atoms with E-state index < -0.39 is 17.7 Å². The highest BCUT2D eigenvalue weighted by molar-refractivity contribution is 5.89. The van der Waals surface area contributed by atoms with Gasteiger partial charge in [-0.3, -0.25) is 0 Å². The molecule has 1 saturated carbocycles. The van der Waals surface area contributed by atoms with Crippen LogP contribution in [0.15, 0.2) is 30.3 Å². The van der Waals surface area contributed by atoms with Crippen LogP contribution in [0.2, 0.25) is 0 Å². The van der Waals surface area contributed by atoms with Gasteiger partial charge in [0.1, 0.15) is 23.9 Å². The van der Waals surface area contributed by atoms with E-state index in [1.807, 2.05) is 19.9 Å². The zero-order valence-electron chi connectivity index (χ0n) is 13.4. The number of carbonyl (C=O) groups is 1.